The number of aromatic hydroxyl groups is 1. The van der Waals surface area contributed by atoms with Crippen LogP contribution in [0.3, 0.4) is 0 Å². The number of hydrogen-bond donors (Lipinski definition) is 2. The minimum Gasteiger partial charge on any atom is -0.506 e. The third-order valence-corrected chi connectivity index (χ3v) is 5.23. The van der Waals surface area contributed by atoms with Crippen molar-refractivity contribution in [3.8, 4) is 5.75 Å². The van der Waals surface area contributed by atoms with Crippen molar-refractivity contribution in [2.45, 2.75) is 19.4 Å². The highest BCUT2D eigenvalue weighted by atomic mass is 127. The molecule has 4 nitrogen and oxygen atoms in total. The molecule has 0 bridgehead atoms. The van der Waals surface area contributed by atoms with E-state index in [1.165, 1.54) is 12.1 Å². The SMILES string of the molecule is CCc1oc2ccc(F)cc2c1C(=O)c1cc(I)c(O)c(C2CN2)c1. The van der Waals surface area contributed by atoms with Gasteiger partial charge >= 0.3 is 0 Å². The Balaban J connectivity index is 1.89. The summed E-state index contributed by atoms with van der Waals surface area (Å²) >= 11 is 2.02. The monoisotopic (exact) mass is 451 g/mol. The van der Waals surface area contributed by atoms with Gasteiger partial charge in [-0.25, -0.2) is 4.39 Å². The molecule has 2 aromatic carbocycles. The van der Waals surface area contributed by atoms with Crippen LogP contribution in [0.4, 0.5) is 4.39 Å². The third kappa shape index (κ3) is 2.83. The van der Waals surface area contributed by atoms with Crippen LogP contribution in [0.1, 0.15) is 40.2 Å². The van der Waals surface area contributed by atoms with Crippen molar-refractivity contribution in [3.63, 3.8) is 0 Å². The van der Waals surface area contributed by atoms with Crippen LogP contribution in [-0.2, 0) is 6.42 Å². The lowest BCUT2D eigenvalue weighted by molar-refractivity contribution is 0.103. The summed E-state index contributed by atoms with van der Waals surface area (Å²) in [6.07, 6.45) is 0.531. The van der Waals surface area contributed by atoms with E-state index in [0.29, 0.717) is 43.4 Å². The number of furan rings is 1. The molecule has 1 aliphatic heterocycles. The minimum absolute atomic E-state index is 0.0745. The number of carbonyl (C=O) groups excluding carboxylic acids is 1. The summed E-state index contributed by atoms with van der Waals surface area (Å²) in [5.74, 6) is 0.111. The van der Waals surface area contributed by atoms with Crippen LogP contribution in [0.5, 0.6) is 5.75 Å². The van der Waals surface area contributed by atoms with Crippen molar-refractivity contribution < 1.29 is 18.7 Å². The number of phenols is 1. The standard InChI is InChI=1S/C19H15FINO3/c1-2-15-17(12-7-10(20)3-4-16(12)25-15)18(23)9-5-11(14-8-22-14)19(24)13(21)6-9/h3-7,14,22,24H,2,8H2,1H3. The number of halogens is 2. The average Bonchev–Trinajstić information content (AvgIpc) is 3.37. The van der Waals surface area contributed by atoms with Gasteiger partial charge in [0.15, 0.2) is 5.78 Å². The van der Waals surface area contributed by atoms with Crippen LogP contribution < -0.4 is 5.32 Å². The molecule has 3 aromatic rings. The lowest BCUT2D eigenvalue weighted by Gasteiger charge is -2.09. The Morgan fingerprint density at radius 3 is 2.84 bits per heavy atom. The van der Waals surface area contributed by atoms with Crippen molar-refractivity contribution >= 4 is 39.3 Å². The summed E-state index contributed by atoms with van der Waals surface area (Å²) in [5, 5.41) is 13.8. The van der Waals surface area contributed by atoms with Gasteiger partial charge in [-0.15, -0.1) is 0 Å². The molecule has 128 valence electrons. The molecule has 0 saturated carbocycles. The first kappa shape index (κ1) is 16.5. The van der Waals surface area contributed by atoms with Gasteiger partial charge < -0.3 is 14.8 Å². The summed E-state index contributed by atoms with van der Waals surface area (Å²) < 4.78 is 20.0. The third-order valence-electron chi connectivity index (χ3n) is 4.41. The number of benzene rings is 2. The van der Waals surface area contributed by atoms with Crippen molar-refractivity contribution in [2.24, 2.45) is 0 Å². The molecule has 1 unspecified atom stereocenters. The van der Waals surface area contributed by atoms with E-state index in [1.807, 2.05) is 29.5 Å². The Morgan fingerprint density at radius 1 is 1.40 bits per heavy atom. The lowest BCUT2D eigenvalue weighted by atomic mass is 9.97. The largest absolute Gasteiger partial charge is 0.506 e. The Labute approximate surface area is 157 Å². The smallest absolute Gasteiger partial charge is 0.197 e. The predicted octanol–water partition coefficient (Wildman–Crippen LogP) is 4.32. The first-order chi connectivity index (χ1) is 12.0. The molecule has 1 aliphatic rings. The zero-order valence-corrected chi connectivity index (χ0v) is 15.6. The fourth-order valence-electron chi connectivity index (χ4n) is 3.06. The fraction of sp³-hybridized carbons (Fsp3) is 0.211. The Morgan fingerprint density at radius 2 is 2.16 bits per heavy atom. The van der Waals surface area contributed by atoms with E-state index < -0.39 is 5.82 Å². The van der Waals surface area contributed by atoms with Crippen molar-refractivity contribution in [2.75, 3.05) is 6.54 Å². The molecule has 1 fully saturated rings. The molecule has 0 radical (unpaired) electrons. The van der Waals surface area contributed by atoms with Crippen LogP contribution >= 0.6 is 22.6 Å². The summed E-state index contributed by atoms with van der Waals surface area (Å²) in [5.41, 5.74) is 2.08. The van der Waals surface area contributed by atoms with Crippen LogP contribution in [0.25, 0.3) is 11.0 Å². The molecule has 4 rings (SSSR count). The molecule has 1 atom stereocenters. The molecule has 6 heteroatoms. The van der Waals surface area contributed by atoms with Gasteiger partial charge in [0, 0.05) is 35.5 Å². The Bertz CT molecular complexity index is 1010. The number of ketones is 1. The summed E-state index contributed by atoms with van der Waals surface area (Å²) in [4.78, 5) is 13.2. The number of nitrogens with one attached hydrogen (secondary N) is 1. The van der Waals surface area contributed by atoms with Gasteiger partial charge in [-0.05, 0) is 52.9 Å². The maximum atomic E-state index is 13.7. The average molecular weight is 451 g/mol. The zero-order valence-electron chi connectivity index (χ0n) is 13.4. The van der Waals surface area contributed by atoms with E-state index in [9.17, 15) is 14.3 Å². The molecular weight excluding hydrogens is 436 g/mol. The van der Waals surface area contributed by atoms with Gasteiger partial charge in [-0.1, -0.05) is 6.92 Å². The molecule has 25 heavy (non-hydrogen) atoms. The normalized spacial score (nSPS) is 16.4. The number of fused-ring (bicyclic) bond motifs is 1. The highest BCUT2D eigenvalue weighted by molar-refractivity contribution is 14.1. The number of hydrogen-bond acceptors (Lipinski definition) is 4. The van der Waals surface area contributed by atoms with E-state index in [4.69, 9.17) is 4.42 Å². The summed E-state index contributed by atoms with van der Waals surface area (Å²) in [6.45, 7) is 2.67. The molecule has 0 aliphatic carbocycles. The first-order valence-corrected chi connectivity index (χ1v) is 9.09. The number of carbonyl (C=O) groups is 1. The predicted molar refractivity (Wildman–Crippen MR) is 101 cm³/mol. The molecule has 2 N–H and O–H groups in total. The quantitative estimate of drug-likeness (QED) is 0.352. The highest BCUT2D eigenvalue weighted by Crippen LogP contribution is 2.36. The molecule has 1 saturated heterocycles. The number of phenolic OH excluding ortho intramolecular Hbond substituents is 1. The Hall–Kier alpha value is -1.93. The molecular formula is C19H15FINO3. The first-order valence-electron chi connectivity index (χ1n) is 8.01. The van der Waals surface area contributed by atoms with Crippen LogP contribution in [-0.4, -0.2) is 17.4 Å². The molecule has 1 aromatic heterocycles. The van der Waals surface area contributed by atoms with Gasteiger partial charge in [0.05, 0.1) is 9.13 Å². The maximum absolute atomic E-state index is 13.7. The maximum Gasteiger partial charge on any atom is 0.197 e. The van der Waals surface area contributed by atoms with E-state index in [-0.39, 0.29) is 17.6 Å². The Kier molecular flexibility index (Phi) is 4.04. The minimum atomic E-state index is -0.409. The van der Waals surface area contributed by atoms with Crippen LogP contribution in [0, 0.1) is 9.39 Å². The van der Waals surface area contributed by atoms with Crippen molar-refractivity contribution in [3.05, 3.63) is 62.2 Å². The van der Waals surface area contributed by atoms with Crippen LogP contribution in [0.2, 0.25) is 0 Å². The van der Waals surface area contributed by atoms with E-state index >= 15 is 0 Å². The number of aryl methyl sites for hydroxylation is 1. The second kappa shape index (κ2) is 6.10. The van der Waals surface area contributed by atoms with Gasteiger partial charge in [-0.2, -0.15) is 0 Å². The van der Waals surface area contributed by atoms with Crippen molar-refractivity contribution in [1.29, 1.82) is 0 Å². The van der Waals surface area contributed by atoms with Gasteiger partial charge in [0.25, 0.3) is 0 Å². The van der Waals surface area contributed by atoms with E-state index in [1.54, 1.807) is 18.2 Å². The van der Waals surface area contributed by atoms with E-state index in [0.717, 1.165) is 6.54 Å². The van der Waals surface area contributed by atoms with Crippen LogP contribution in [0.15, 0.2) is 34.7 Å². The van der Waals surface area contributed by atoms with Gasteiger partial charge in [0.2, 0.25) is 0 Å². The number of rotatable bonds is 4. The van der Waals surface area contributed by atoms with Gasteiger partial charge in [0.1, 0.15) is 22.9 Å². The topological polar surface area (TPSA) is 72.4 Å². The molecule has 2 heterocycles. The second-order valence-corrected chi connectivity index (χ2v) is 7.24. The molecule has 0 spiro atoms. The van der Waals surface area contributed by atoms with E-state index in [2.05, 4.69) is 5.32 Å². The fourth-order valence-corrected chi connectivity index (χ4v) is 3.71. The van der Waals surface area contributed by atoms with Crippen molar-refractivity contribution in [1.82, 2.24) is 5.32 Å². The second-order valence-electron chi connectivity index (χ2n) is 6.08. The zero-order chi connectivity index (χ0) is 17.7. The highest BCUT2D eigenvalue weighted by Gasteiger charge is 2.29. The lowest BCUT2D eigenvalue weighted by Crippen LogP contribution is -2.05. The summed E-state index contributed by atoms with van der Waals surface area (Å²) in [6, 6.07) is 7.63. The molecule has 0 amide bonds. The summed E-state index contributed by atoms with van der Waals surface area (Å²) in [7, 11) is 0. The van der Waals surface area contributed by atoms with Gasteiger partial charge in [-0.3, -0.25) is 4.79 Å².